The lowest BCUT2D eigenvalue weighted by atomic mass is 10.0. The maximum atomic E-state index is 15.5. The normalized spacial score (nSPS) is 13.0. The van der Waals surface area contributed by atoms with Crippen LogP contribution in [0.25, 0.3) is 22.3 Å². The first kappa shape index (κ1) is 29.3. The SMILES string of the molecule is N#Cc1ccc(COc2cccc(-c3cc(F)c(Cc4nc5ccc(C(O)O)cc5n4CCNC4CC4)cc3F)n2)c(F)c1. The van der Waals surface area contributed by atoms with Crippen molar-refractivity contribution in [1.29, 1.82) is 5.26 Å². The Balaban J connectivity index is 1.24. The highest BCUT2D eigenvalue weighted by Crippen LogP contribution is 2.29. The molecule has 0 unspecified atom stereocenters. The van der Waals surface area contributed by atoms with Crippen LogP contribution in [0.1, 0.15) is 47.2 Å². The minimum Gasteiger partial charge on any atom is -0.473 e. The number of aliphatic hydroxyl groups is 2. The van der Waals surface area contributed by atoms with Gasteiger partial charge in [-0.1, -0.05) is 18.2 Å². The van der Waals surface area contributed by atoms with E-state index in [2.05, 4.69) is 15.3 Å². The Bertz CT molecular complexity index is 1880. The van der Waals surface area contributed by atoms with Gasteiger partial charge in [0.25, 0.3) is 0 Å². The number of hydrogen-bond acceptors (Lipinski definition) is 7. The molecule has 3 N–H and O–H groups in total. The molecular weight excluding hydrogens is 571 g/mol. The van der Waals surface area contributed by atoms with Crippen LogP contribution in [0.2, 0.25) is 0 Å². The third kappa shape index (κ3) is 6.43. The summed E-state index contributed by atoms with van der Waals surface area (Å²) in [7, 11) is 0. The molecule has 0 spiro atoms. The summed E-state index contributed by atoms with van der Waals surface area (Å²) >= 11 is 0. The van der Waals surface area contributed by atoms with Crippen LogP contribution in [0.3, 0.4) is 0 Å². The van der Waals surface area contributed by atoms with E-state index in [1.165, 1.54) is 24.3 Å². The van der Waals surface area contributed by atoms with Gasteiger partial charge in [0.2, 0.25) is 5.88 Å². The molecule has 1 saturated carbocycles. The predicted molar refractivity (Wildman–Crippen MR) is 156 cm³/mol. The molecule has 1 aliphatic rings. The summed E-state index contributed by atoms with van der Waals surface area (Å²) in [5.74, 6) is -1.32. The smallest absolute Gasteiger partial charge is 0.214 e. The molecule has 2 aromatic heterocycles. The van der Waals surface area contributed by atoms with Crippen molar-refractivity contribution in [2.75, 3.05) is 6.54 Å². The zero-order chi connectivity index (χ0) is 30.8. The molecule has 0 bridgehead atoms. The number of nitriles is 1. The van der Waals surface area contributed by atoms with E-state index in [-0.39, 0.29) is 46.9 Å². The topological polar surface area (TPSA) is 116 Å². The molecule has 5 aromatic rings. The number of ether oxygens (including phenoxy) is 1. The van der Waals surface area contributed by atoms with Gasteiger partial charge in [0.1, 0.15) is 29.9 Å². The van der Waals surface area contributed by atoms with Crippen LogP contribution in [0.5, 0.6) is 5.88 Å². The number of imidazole rings is 1. The molecule has 0 aliphatic heterocycles. The molecule has 3 aromatic carbocycles. The van der Waals surface area contributed by atoms with Crippen molar-refractivity contribution in [1.82, 2.24) is 19.9 Å². The Kier molecular flexibility index (Phi) is 8.30. The van der Waals surface area contributed by atoms with Crippen molar-refractivity contribution in [3.8, 4) is 23.2 Å². The van der Waals surface area contributed by atoms with Crippen molar-refractivity contribution >= 4 is 11.0 Å². The summed E-state index contributed by atoms with van der Waals surface area (Å²) in [6.45, 7) is 0.991. The fraction of sp³-hybridized carbons (Fsp3) is 0.242. The molecule has 8 nitrogen and oxygen atoms in total. The zero-order valence-corrected chi connectivity index (χ0v) is 23.5. The highest BCUT2D eigenvalue weighted by Gasteiger charge is 2.21. The van der Waals surface area contributed by atoms with Crippen molar-refractivity contribution in [3.63, 3.8) is 0 Å². The number of benzene rings is 3. The van der Waals surface area contributed by atoms with Gasteiger partial charge >= 0.3 is 0 Å². The maximum absolute atomic E-state index is 15.5. The summed E-state index contributed by atoms with van der Waals surface area (Å²) < 4.78 is 52.7. The average Bonchev–Trinajstić information content (AvgIpc) is 3.78. The number of rotatable bonds is 11. The van der Waals surface area contributed by atoms with E-state index in [1.807, 2.05) is 10.6 Å². The van der Waals surface area contributed by atoms with Crippen LogP contribution < -0.4 is 10.1 Å². The molecule has 2 heterocycles. The monoisotopic (exact) mass is 599 g/mol. The van der Waals surface area contributed by atoms with Gasteiger partial charge in [0.05, 0.1) is 28.4 Å². The summed E-state index contributed by atoms with van der Waals surface area (Å²) in [6.07, 6.45) is 0.596. The molecule has 0 saturated heterocycles. The number of aliphatic hydroxyl groups excluding tert-OH is 1. The third-order valence-corrected chi connectivity index (χ3v) is 7.54. The maximum Gasteiger partial charge on any atom is 0.214 e. The first-order valence-corrected chi connectivity index (χ1v) is 14.1. The Labute approximate surface area is 251 Å². The number of nitrogens with zero attached hydrogens (tertiary/aromatic N) is 4. The first-order chi connectivity index (χ1) is 21.3. The zero-order valence-electron chi connectivity index (χ0n) is 23.5. The van der Waals surface area contributed by atoms with E-state index in [0.29, 0.717) is 41.6 Å². The standard InChI is InChI=1S/C33H28F3N5O3/c34-25-12-19(17-37)4-5-21(25)18-44-32-3-1-2-28(40-32)24-16-26(35)22(13-27(24)36)15-31-39-29-9-6-20(33(42)43)14-30(29)41(31)11-10-38-23-7-8-23/h1-6,9,12-14,16,23,33,38,42-43H,7-8,10-11,15,18H2. The molecule has 0 radical (unpaired) electrons. The Hall–Kier alpha value is -4.76. The highest BCUT2D eigenvalue weighted by molar-refractivity contribution is 5.77. The summed E-state index contributed by atoms with van der Waals surface area (Å²) in [5, 5.41) is 31.7. The lowest BCUT2D eigenvalue weighted by Crippen LogP contribution is -2.22. The predicted octanol–water partition coefficient (Wildman–Crippen LogP) is 5.29. The van der Waals surface area contributed by atoms with E-state index >= 15 is 8.78 Å². The number of aromatic nitrogens is 3. The highest BCUT2D eigenvalue weighted by atomic mass is 19.1. The lowest BCUT2D eigenvalue weighted by molar-refractivity contribution is -0.0424. The Morgan fingerprint density at radius 2 is 1.77 bits per heavy atom. The van der Waals surface area contributed by atoms with Gasteiger partial charge in [-0.25, -0.2) is 23.1 Å². The molecule has 44 heavy (non-hydrogen) atoms. The number of halogens is 3. The molecule has 6 rings (SSSR count). The van der Waals surface area contributed by atoms with Gasteiger partial charge in [-0.15, -0.1) is 0 Å². The minimum atomic E-state index is -1.65. The fourth-order valence-corrected chi connectivity index (χ4v) is 5.02. The molecular formula is C33H28F3N5O3. The molecule has 11 heteroatoms. The van der Waals surface area contributed by atoms with Crippen LogP contribution in [0.15, 0.2) is 66.7 Å². The summed E-state index contributed by atoms with van der Waals surface area (Å²) in [6, 6.07) is 18.1. The quantitative estimate of drug-likeness (QED) is 0.177. The fourth-order valence-electron chi connectivity index (χ4n) is 5.02. The van der Waals surface area contributed by atoms with Gasteiger partial charge in [0.15, 0.2) is 6.29 Å². The van der Waals surface area contributed by atoms with Gasteiger partial charge in [-0.3, -0.25) is 0 Å². The molecule has 0 amide bonds. The second-order valence-electron chi connectivity index (χ2n) is 10.7. The number of nitrogens with one attached hydrogen (secondary N) is 1. The van der Waals surface area contributed by atoms with E-state index in [1.54, 1.807) is 24.3 Å². The second-order valence-corrected chi connectivity index (χ2v) is 10.7. The Morgan fingerprint density at radius 1 is 0.955 bits per heavy atom. The molecule has 0 atom stereocenters. The largest absolute Gasteiger partial charge is 0.473 e. The van der Waals surface area contributed by atoms with Gasteiger partial charge in [-0.2, -0.15) is 5.26 Å². The number of hydrogen-bond donors (Lipinski definition) is 3. The number of pyridine rings is 1. The Morgan fingerprint density at radius 3 is 2.52 bits per heavy atom. The lowest BCUT2D eigenvalue weighted by Gasteiger charge is -2.13. The van der Waals surface area contributed by atoms with E-state index in [0.717, 1.165) is 31.0 Å². The van der Waals surface area contributed by atoms with Gasteiger partial charge < -0.3 is 24.8 Å². The van der Waals surface area contributed by atoms with Gasteiger partial charge in [-0.05, 0) is 60.9 Å². The summed E-state index contributed by atoms with van der Waals surface area (Å²) in [5.41, 5.74) is 2.16. The van der Waals surface area contributed by atoms with Crippen molar-refractivity contribution in [2.45, 2.75) is 44.7 Å². The second kappa shape index (κ2) is 12.5. The van der Waals surface area contributed by atoms with E-state index < -0.39 is 23.7 Å². The molecule has 1 fully saturated rings. The minimum absolute atomic E-state index is 0.00485. The van der Waals surface area contributed by atoms with Crippen LogP contribution in [0, 0.1) is 28.8 Å². The molecule has 1 aliphatic carbocycles. The van der Waals surface area contributed by atoms with Crippen LogP contribution in [-0.4, -0.2) is 37.3 Å². The van der Waals surface area contributed by atoms with Crippen LogP contribution in [0.4, 0.5) is 13.2 Å². The summed E-state index contributed by atoms with van der Waals surface area (Å²) in [4.78, 5) is 8.94. The average molecular weight is 600 g/mol. The van der Waals surface area contributed by atoms with Crippen LogP contribution >= 0.6 is 0 Å². The first-order valence-electron chi connectivity index (χ1n) is 14.1. The van der Waals surface area contributed by atoms with Crippen molar-refractivity contribution in [3.05, 3.63) is 112 Å². The number of fused-ring (bicyclic) bond motifs is 1. The van der Waals surface area contributed by atoms with Crippen molar-refractivity contribution < 1.29 is 28.1 Å². The van der Waals surface area contributed by atoms with Crippen LogP contribution in [-0.2, 0) is 19.6 Å². The van der Waals surface area contributed by atoms with E-state index in [9.17, 15) is 14.6 Å². The van der Waals surface area contributed by atoms with Crippen molar-refractivity contribution in [2.24, 2.45) is 0 Å². The van der Waals surface area contributed by atoms with E-state index in [4.69, 9.17) is 10.00 Å². The van der Waals surface area contributed by atoms with Gasteiger partial charge in [0, 0.05) is 48.3 Å². The molecule has 224 valence electrons. The third-order valence-electron chi connectivity index (χ3n) is 7.54.